The van der Waals surface area contributed by atoms with Gasteiger partial charge in [0.2, 0.25) is 6.79 Å². The lowest BCUT2D eigenvalue weighted by Crippen LogP contribution is -2.15. The van der Waals surface area contributed by atoms with Gasteiger partial charge in [0.05, 0.1) is 12.3 Å². The number of hydrogen-bond donors (Lipinski definition) is 0. The van der Waals surface area contributed by atoms with E-state index in [1.807, 2.05) is 39.3 Å². The van der Waals surface area contributed by atoms with Gasteiger partial charge in [-0.05, 0) is 43.2 Å². The molecule has 0 spiro atoms. The van der Waals surface area contributed by atoms with Crippen molar-refractivity contribution in [3.63, 3.8) is 0 Å². The van der Waals surface area contributed by atoms with E-state index in [1.165, 1.54) is 5.56 Å². The molecular weight excluding hydrogens is 430 g/mol. The minimum Gasteiger partial charge on any atom is -0.454 e. The molecule has 0 aliphatic heterocycles. The quantitative estimate of drug-likeness (QED) is 0.190. The molecule has 0 radical (unpaired) electrons. The van der Waals surface area contributed by atoms with Crippen molar-refractivity contribution in [1.82, 2.24) is 9.78 Å². The fourth-order valence-corrected chi connectivity index (χ4v) is 3.42. The molecule has 0 fully saturated rings. The third kappa shape index (κ3) is 6.95. The van der Waals surface area contributed by atoms with Crippen molar-refractivity contribution in [2.24, 2.45) is 10.9 Å². The molecule has 1 aromatic heterocycles. The van der Waals surface area contributed by atoms with Gasteiger partial charge in [-0.15, -0.1) is 0 Å². The first-order valence-electron chi connectivity index (χ1n) is 11.7. The Hall–Kier alpha value is -3.09. The van der Waals surface area contributed by atoms with Gasteiger partial charge in [0.15, 0.2) is 5.76 Å². The van der Waals surface area contributed by atoms with Crippen LogP contribution in [0.2, 0.25) is 0 Å². The summed E-state index contributed by atoms with van der Waals surface area (Å²) in [5.41, 5.74) is 5.72. The molecule has 7 heteroatoms. The number of carbonyl (C=O) groups excluding carboxylic acids is 1. The van der Waals surface area contributed by atoms with Gasteiger partial charge in [-0.1, -0.05) is 58.9 Å². The van der Waals surface area contributed by atoms with Crippen LogP contribution in [0, 0.1) is 19.8 Å². The summed E-state index contributed by atoms with van der Waals surface area (Å²) in [6.07, 6.45) is 1.01. The van der Waals surface area contributed by atoms with Crippen molar-refractivity contribution in [2.75, 3.05) is 20.4 Å². The third-order valence-corrected chi connectivity index (χ3v) is 5.42. The van der Waals surface area contributed by atoms with Gasteiger partial charge in [-0.25, -0.2) is 4.79 Å². The average Bonchev–Trinajstić information content (AvgIpc) is 3.07. The molecule has 1 aromatic carbocycles. The Morgan fingerprint density at radius 1 is 1.12 bits per heavy atom. The monoisotopic (exact) mass is 469 g/mol. The molecule has 0 aliphatic rings. The molecule has 0 amide bonds. The van der Waals surface area contributed by atoms with Gasteiger partial charge in [-0.2, -0.15) is 5.10 Å². The van der Waals surface area contributed by atoms with E-state index < -0.39 is 6.16 Å². The van der Waals surface area contributed by atoms with E-state index in [1.54, 1.807) is 13.3 Å². The van der Waals surface area contributed by atoms with E-state index in [9.17, 15) is 4.79 Å². The lowest BCUT2D eigenvalue weighted by Gasteiger charge is -2.20. The van der Waals surface area contributed by atoms with Crippen LogP contribution in [0.15, 0.2) is 29.3 Å². The fraction of sp³-hybridized carbons (Fsp3) is 0.519. The first kappa shape index (κ1) is 27.2. The highest BCUT2D eigenvalue weighted by Crippen LogP contribution is 2.31. The Kier molecular flexibility index (Phi) is 9.47. The average molecular weight is 470 g/mol. The molecule has 186 valence electrons. The molecular formula is C27H39N3O4. The first-order chi connectivity index (χ1) is 16.0. The van der Waals surface area contributed by atoms with E-state index in [0.29, 0.717) is 12.3 Å². The molecule has 0 saturated carbocycles. The van der Waals surface area contributed by atoms with Gasteiger partial charge in [0.1, 0.15) is 5.69 Å². The highest BCUT2D eigenvalue weighted by Gasteiger charge is 2.22. The molecule has 0 atom stereocenters. The van der Waals surface area contributed by atoms with Crippen LogP contribution in [-0.2, 0) is 26.2 Å². The summed E-state index contributed by atoms with van der Waals surface area (Å²) in [7, 11) is 1.72. The molecule has 1 heterocycles. The first-order valence-corrected chi connectivity index (χ1v) is 11.7. The van der Waals surface area contributed by atoms with Crippen molar-refractivity contribution >= 4 is 23.7 Å². The van der Waals surface area contributed by atoms with Crippen LogP contribution in [0.4, 0.5) is 4.79 Å². The van der Waals surface area contributed by atoms with E-state index in [2.05, 4.69) is 55.1 Å². The van der Waals surface area contributed by atoms with Crippen LogP contribution >= 0.6 is 0 Å². The van der Waals surface area contributed by atoms with Crippen LogP contribution in [0.3, 0.4) is 0 Å². The van der Waals surface area contributed by atoms with Crippen LogP contribution in [0.25, 0.3) is 11.3 Å². The van der Waals surface area contributed by atoms with Crippen molar-refractivity contribution < 1.29 is 19.0 Å². The van der Waals surface area contributed by atoms with Gasteiger partial charge in [0, 0.05) is 30.9 Å². The Labute approximate surface area is 203 Å². The van der Waals surface area contributed by atoms with Crippen LogP contribution in [0.5, 0.6) is 0 Å². The molecule has 2 aromatic rings. The van der Waals surface area contributed by atoms with Gasteiger partial charge in [-0.3, -0.25) is 9.67 Å². The molecule has 34 heavy (non-hydrogen) atoms. The summed E-state index contributed by atoms with van der Waals surface area (Å²) in [4.78, 5) is 16.3. The van der Waals surface area contributed by atoms with Crippen LogP contribution < -0.4 is 0 Å². The van der Waals surface area contributed by atoms with E-state index >= 15 is 0 Å². The normalized spacial score (nSPS) is 12.8. The fourth-order valence-electron chi connectivity index (χ4n) is 3.42. The zero-order chi connectivity index (χ0) is 25.5. The Balaban J connectivity index is 2.53. The second-order valence-corrected chi connectivity index (χ2v) is 9.69. The second-order valence-electron chi connectivity index (χ2n) is 9.69. The van der Waals surface area contributed by atoms with Crippen LogP contribution in [-0.4, -0.2) is 42.6 Å². The Morgan fingerprint density at radius 3 is 2.29 bits per heavy atom. The number of allylic oxidation sites excluding steroid dienone is 1. The van der Waals surface area contributed by atoms with Crippen molar-refractivity contribution in [1.29, 1.82) is 0 Å². The zero-order valence-electron chi connectivity index (χ0n) is 22.1. The second kappa shape index (κ2) is 11.9. The number of carbonyl (C=O) groups is 1. The van der Waals surface area contributed by atoms with E-state index in [4.69, 9.17) is 14.2 Å². The van der Waals surface area contributed by atoms with E-state index in [0.717, 1.165) is 28.1 Å². The van der Waals surface area contributed by atoms with Crippen molar-refractivity contribution in [2.45, 2.75) is 67.3 Å². The van der Waals surface area contributed by atoms with Crippen LogP contribution in [0.1, 0.15) is 69.6 Å². The summed E-state index contributed by atoms with van der Waals surface area (Å²) in [5, 5.41) is 4.65. The maximum atomic E-state index is 12.0. The standard InChI is InChI=1S/C27H39N3O4/c1-10-30-24(19(4)20(5)29-30)25(33-17-34-26(31)32-16-18(2)3)23(15-28-9)21-11-13-22(14-12-21)27(6,7)8/h11-15,18H,10,16-17H2,1-9H3/b25-23-,28-15-. The topological polar surface area (TPSA) is 74.9 Å². The third-order valence-electron chi connectivity index (χ3n) is 5.42. The Morgan fingerprint density at radius 2 is 1.76 bits per heavy atom. The molecule has 0 unspecified atom stereocenters. The zero-order valence-corrected chi connectivity index (χ0v) is 22.1. The number of ether oxygens (including phenoxy) is 3. The predicted octanol–water partition coefficient (Wildman–Crippen LogP) is 6.17. The van der Waals surface area contributed by atoms with Gasteiger partial charge in [0.25, 0.3) is 0 Å². The molecule has 2 rings (SSSR count). The lowest BCUT2D eigenvalue weighted by atomic mass is 9.86. The number of aliphatic imine (C=N–C) groups is 1. The molecule has 7 nitrogen and oxygen atoms in total. The number of rotatable bonds is 9. The summed E-state index contributed by atoms with van der Waals surface area (Å²) in [5.74, 6) is 0.766. The molecule has 0 bridgehead atoms. The Bertz CT molecular complexity index is 1030. The lowest BCUT2D eigenvalue weighted by molar-refractivity contribution is -0.00947. The summed E-state index contributed by atoms with van der Waals surface area (Å²) in [6.45, 7) is 17.1. The minimum atomic E-state index is -0.759. The molecule has 0 N–H and O–H groups in total. The van der Waals surface area contributed by atoms with Gasteiger partial charge >= 0.3 is 6.16 Å². The number of aryl methyl sites for hydroxylation is 2. The smallest absolute Gasteiger partial charge is 0.454 e. The highest BCUT2D eigenvalue weighted by molar-refractivity contribution is 6.18. The number of nitrogens with zero attached hydrogens (tertiary/aromatic N) is 3. The molecule has 0 saturated heterocycles. The van der Waals surface area contributed by atoms with Crippen molar-refractivity contribution in [3.05, 3.63) is 52.3 Å². The summed E-state index contributed by atoms with van der Waals surface area (Å²) < 4.78 is 18.3. The van der Waals surface area contributed by atoms with Gasteiger partial charge < -0.3 is 14.2 Å². The SMILES string of the molecule is CCn1nc(C)c(C)c1/C(OCOC(=O)OCC(C)C)=C(\C=N/C)c1ccc(C(C)(C)C)cc1. The highest BCUT2D eigenvalue weighted by atomic mass is 16.8. The molecule has 0 aliphatic carbocycles. The maximum Gasteiger partial charge on any atom is 0.511 e. The maximum absolute atomic E-state index is 12.0. The largest absolute Gasteiger partial charge is 0.511 e. The summed E-state index contributed by atoms with van der Waals surface area (Å²) in [6, 6.07) is 8.36. The summed E-state index contributed by atoms with van der Waals surface area (Å²) >= 11 is 0. The van der Waals surface area contributed by atoms with Crippen molar-refractivity contribution in [3.8, 4) is 0 Å². The minimum absolute atomic E-state index is 0.0410. The number of hydrogen-bond acceptors (Lipinski definition) is 6. The number of aromatic nitrogens is 2. The number of benzene rings is 1. The van der Waals surface area contributed by atoms with E-state index in [-0.39, 0.29) is 24.7 Å². The predicted molar refractivity (Wildman–Crippen MR) is 137 cm³/mol.